The summed E-state index contributed by atoms with van der Waals surface area (Å²) < 4.78 is 0. The average molecular weight is 471 g/mol. The third kappa shape index (κ3) is 8.58. The molecule has 0 spiro atoms. The zero-order valence-electron chi connectivity index (χ0n) is 21.5. The van der Waals surface area contributed by atoms with Crippen molar-refractivity contribution in [2.24, 2.45) is 0 Å². The van der Waals surface area contributed by atoms with Crippen molar-refractivity contribution in [1.82, 2.24) is 0 Å². The van der Waals surface area contributed by atoms with Gasteiger partial charge in [0, 0.05) is 6.42 Å². The van der Waals surface area contributed by atoms with Crippen LogP contribution < -0.4 is 0 Å². The number of hydrogen-bond donors (Lipinski definition) is 0. The first-order chi connectivity index (χ1) is 15.9. The van der Waals surface area contributed by atoms with Crippen molar-refractivity contribution < 1.29 is 29.1 Å². The van der Waals surface area contributed by atoms with Gasteiger partial charge in [-0.3, -0.25) is 9.78 Å². The van der Waals surface area contributed by atoms with Crippen LogP contribution in [0.4, 0.5) is 0 Å². The van der Waals surface area contributed by atoms with Gasteiger partial charge in [0.25, 0.3) is 0 Å². The molecule has 0 aliphatic carbocycles. The Labute approximate surface area is 203 Å². The summed E-state index contributed by atoms with van der Waals surface area (Å²) in [5, 5.41) is 0. The zero-order chi connectivity index (χ0) is 25.4. The smallest absolute Gasteiger partial charge is 0.290 e. The maximum Gasteiger partial charge on any atom is 0.373 e. The normalized spacial score (nSPS) is 12.0. The van der Waals surface area contributed by atoms with E-state index in [9.17, 15) is 9.59 Å². The Kier molecular flexibility index (Phi) is 9.83. The standard InChI is InChI=1S/C28H38O6/c1-8-9-10-11-24(31-33-25(29)20-12-16-22(17-13-20)27(2,3)4)32-34-26(30)21-14-18-23(19-15-21)28(5,6)7/h12-19,24H,8-11H2,1-7H3. The maximum atomic E-state index is 12.4. The van der Waals surface area contributed by atoms with Crippen LogP contribution in [0.3, 0.4) is 0 Å². The third-order valence-corrected chi connectivity index (χ3v) is 5.48. The molecule has 2 aromatic rings. The van der Waals surface area contributed by atoms with Gasteiger partial charge in [-0.05, 0) is 52.6 Å². The molecule has 0 bridgehead atoms. The second-order valence-corrected chi connectivity index (χ2v) is 10.5. The molecule has 0 saturated carbocycles. The molecule has 6 nitrogen and oxygen atoms in total. The number of carbonyl (C=O) groups is 2. The SMILES string of the molecule is CCCCCC(OOC(=O)c1ccc(C(C)(C)C)cc1)OOC(=O)c1ccc(C(C)(C)C)cc1. The predicted molar refractivity (Wildman–Crippen MR) is 131 cm³/mol. The first kappa shape index (κ1) is 27.5. The Morgan fingerprint density at radius 1 is 0.676 bits per heavy atom. The van der Waals surface area contributed by atoms with E-state index < -0.39 is 18.2 Å². The Morgan fingerprint density at radius 2 is 1.06 bits per heavy atom. The van der Waals surface area contributed by atoms with Crippen molar-refractivity contribution in [3.05, 3.63) is 70.8 Å². The summed E-state index contributed by atoms with van der Waals surface area (Å²) in [6.45, 7) is 14.7. The molecule has 2 rings (SSSR count). The van der Waals surface area contributed by atoms with Crippen LogP contribution in [0.5, 0.6) is 0 Å². The van der Waals surface area contributed by atoms with Crippen LogP contribution in [0.2, 0.25) is 0 Å². The summed E-state index contributed by atoms with van der Waals surface area (Å²) in [6, 6.07) is 14.3. The van der Waals surface area contributed by atoms with Crippen LogP contribution in [0.25, 0.3) is 0 Å². The molecule has 0 saturated heterocycles. The largest absolute Gasteiger partial charge is 0.373 e. The molecule has 6 heteroatoms. The minimum Gasteiger partial charge on any atom is -0.290 e. The highest BCUT2D eigenvalue weighted by Crippen LogP contribution is 2.23. The van der Waals surface area contributed by atoms with Crippen molar-refractivity contribution in [3.63, 3.8) is 0 Å². The fourth-order valence-corrected chi connectivity index (χ4v) is 3.18. The number of benzene rings is 2. The fourth-order valence-electron chi connectivity index (χ4n) is 3.18. The van der Waals surface area contributed by atoms with Crippen molar-refractivity contribution in [2.75, 3.05) is 0 Å². The van der Waals surface area contributed by atoms with E-state index in [-0.39, 0.29) is 10.8 Å². The number of unbranched alkanes of at least 4 members (excludes halogenated alkanes) is 2. The van der Waals surface area contributed by atoms with E-state index in [0.29, 0.717) is 17.5 Å². The minimum atomic E-state index is -1.03. The van der Waals surface area contributed by atoms with Crippen molar-refractivity contribution in [3.8, 4) is 0 Å². The van der Waals surface area contributed by atoms with E-state index in [0.717, 1.165) is 30.4 Å². The van der Waals surface area contributed by atoms with E-state index in [4.69, 9.17) is 19.6 Å². The van der Waals surface area contributed by atoms with Gasteiger partial charge in [0.05, 0.1) is 11.1 Å². The summed E-state index contributed by atoms with van der Waals surface area (Å²) in [5.74, 6) is -1.29. The van der Waals surface area contributed by atoms with E-state index in [1.54, 1.807) is 24.3 Å². The van der Waals surface area contributed by atoms with Crippen molar-refractivity contribution >= 4 is 11.9 Å². The predicted octanol–water partition coefficient (Wildman–Crippen LogP) is 7.07. The lowest BCUT2D eigenvalue weighted by Gasteiger charge is -2.19. The molecule has 186 valence electrons. The van der Waals surface area contributed by atoms with E-state index in [2.05, 4.69) is 48.5 Å². The van der Waals surface area contributed by atoms with Gasteiger partial charge in [-0.2, -0.15) is 0 Å². The average Bonchev–Trinajstić information content (AvgIpc) is 2.79. The van der Waals surface area contributed by atoms with E-state index in [1.165, 1.54) is 0 Å². The molecule has 0 aliphatic rings. The minimum absolute atomic E-state index is 0.0198. The number of carbonyl (C=O) groups excluding carboxylic acids is 2. The first-order valence-electron chi connectivity index (χ1n) is 11.9. The molecule has 34 heavy (non-hydrogen) atoms. The Bertz CT molecular complexity index is 844. The molecular formula is C28H38O6. The van der Waals surface area contributed by atoms with Crippen LogP contribution in [0.1, 0.15) is 106 Å². The summed E-state index contributed by atoms with van der Waals surface area (Å²) in [7, 11) is 0. The van der Waals surface area contributed by atoms with Crippen LogP contribution in [-0.2, 0) is 30.4 Å². The summed E-state index contributed by atoms with van der Waals surface area (Å²) in [4.78, 5) is 45.2. The highest BCUT2D eigenvalue weighted by molar-refractivity contribution is 5.89. The molecule has 0 fully saturated rings. The Morgan fingerprint density at radius 3 is 1.38 bits per heavy atom. The van der Waals surface area contributed by atoms with Gasteiger partial charge in [-0.15, -0.1) is 9.78 Å². The Balaban J connectivity index is 1.95. The van der Waals surface area contributed by atoms with Gasteiger partial charge < -0.3 is 0 Å². The molecule has 0 atom stereocenters. The molecule has 0 radical (unpaired) electrons. The molecular weight excluding hydrogens is 432 g/mol. The van der Waals surface area contributed by atoms with Crippen molar-refractivity contribution in [1.29, 1.82) is 0 Å². The highest BCUT2D eigenvalue weighted by Gasteiger charge is 2.21. The van der Waals surface area contributed by atoms with Crippen LogP contribution in [0, 0.1) is 0 Å². The topological polar surface area (TPSA) is 71.1 Å². The van der Waals surface area contributed by atoms with E-state index >= 15 is 0 Å². The first-order valence-corrected chi connectivity index (χ1v) is 11.9. The molecule has 0 amide bonds. The molecule has 0 unspecified atom stereocenters. The monoisotopic (exact) mass is 470 g/mol. The second kappa shape index (κ2) is 12.1. The van der Waals surface area contributed by atoms with Gasteiger partial charge in [0.15, 0.2) is 0 Å². The third-order valence-electron chi connectivity index (χ3n) is 5.48. The lowest BCUT2D eigenvalue weighted by molar-refractivity contribution is -0.421. The van der Waals surface area contributed by atoms with Gasteiger partial charge in [-0.1, -0.05) is 85.6 Å². The summed E-state index contributed by atoms with van der Waals surface area (Å²) >= 11 is 0. The van der Waals surface area contributed by atoms with Crippen LogP contribution >= 0.6 is 0 Å². The second-order valence-electron chi connectivity index (χ2n) is 10.5. The Hall–Kier alpha value is -2.70. The number of hydrogen-bond acceptors (Lipinski definition) is 6. The lowest BCUT2D eigenvalue weighted by Crippen LogP contribution is -2.22. The lowest BCUT2D eigenvalue weighted by atomic mass is 9.87. The van der Waals surface area contributed by atoms with Gasteiger partial charge in [0.2, 0.25) is 6.29 Å². The van der Waals surface area contributed by atoms with Crippen LogP contribution in [-0.4, -0.2) is 18.2 Å². The molecule has 0 aromatic heterocycles. The zero-order valence-corrected chi connectivity index (χ0v) is 21.5. The van der Waals surface area contributed by atoms with Crippen LogP contribution in [0.15, 0.2) is 48.5 Å². The molecule has 0 heterocycles. The van der Waals surface area contributed by atoms with Gasteiger partial charge >= 0.3 is 11.9 Å². The molecule has 0 N–H and O–H groups in total. The van der Waals surface area contributed by atoms with E-state index in [1.807, 2.05) is 24.3 Å². The molecule has 2 aromatic carbocycles. The van der Waals surface area contributed by atoms with Gasteiger partial charge in [0.1, 0.15) is 0 Å². The number of rotatable bonds is 10. The maximum absolute atomic E-state index is 12.4. The van der Waals surface area contributed by atoms with Gasteiger partial charge in [-0.25, -0.2) is 9.59 Å². The highest BCUT2D eigenvalue weighted by atomic mass is 17.3. The molecule has 0 aliphatic heterocycles. The summed E-state index contributed by atoms with van der Waals surface area (Å²) in [6.07, 6.45) is 2.07. The fraction of sp³-hybridized carbons (Fsp3) is 0.500. The van der Waals surface area contributed by atoms with Crippen molar-refractivity contribution in [2.45, 2.75) is 91.3 Å². The summed E-state index contributed by atoms with van der Waals surface area (Å²) in [5.41, 5.74) is 2.89. The quantitative estimate of drug-likeness (QED) is 0.160.